The number of rotatable bonds is 4. The Morgan fingerprint density at radius 2 is 1.40 bits per heavy atom. The zero-order chi connectivity index (χ0) is 14.9. The molecule has 0 unspecified atom stereocenters. The van der Waals surface area contributed by atoms with Crippen molar-refractivity contribution < 1.29 is 19.8 Å². The zero-order valence-electron chi connectivity index (χ0n) is 11.3. The molecule has 0 fully saturated rings. The lowest BCUT2D eigenvalue weighted by atomic mass is 10.1. The van der Waals surface area contributed by atoms with Crippen molar-refractivity contribution in [1.82, 2.24) is 0 Å². The molecule has 20 heavy (non-hydrogen) atoms. The van der Waals surface area contributed by atoms with E-state index < -0.39 is 19.5 Å². The van der Waals surface area contributed by atoms with Gasteiger partial charge in [-0.15, -0.1) is 0 Å². The molecule has 2 rings (SSSR count). The third kappa shape index (κ3) is 2.47. The number of carboxylic acids is 2. The predicted molar refractivity (Wildman–Crippen MR) is 78.1 cm³/mol. The molecule has 0 aliphatic heterocycles. The fourth-order valence-corrected chi connectivity index (χ4v) is 5.07. The van der Waals surface area contributed by atoms with Crippen LogP contribution in [0.4, 0.5) is 0 Å². The highest BCUT2D eigenvalue weighted by atomic mass is 31.1. The highest BCUT2D eigenvalue weighted by Crippen LogP contribution is 2.47. The van der Waals surface area contributed by atoms with Gasteiger partial charge < -0.3 is 10.2 Å². The van der Waals surface area contributed by atoms with E-state index in [1.165, 1.54) is 0 Å². The maximum absolute atomic E-state index is 11.5. The first-order valence-corrected chi connectivity index (χ1v) is 7.66. The summed E-state index contributed by atoms with van der Waals surface area (Å²) in [5, 5.41) is 19.3. The quantitative estimate of drug-likeness (QED) is 0.899. The van der Waals surface area contributed by atoms with Crippen LogP contribution < -0.4 is 0 Å². The van der Waals surface area contributed by atoms with Gasteiger partial charge in [0.25, 0.3) is 0 Å². The summed E-state index contributed by atoms with van der Waals surface area (Å²) in [5.41, 5.74) is 2.15. The molecule has 0 saturated carbocycles. The smallest absolute Gasteiger partial charge is 0.340 e. The number of carbonyl (C=O) groups is 2. The maximum atomic E-state index is 11.5. The van der Waals surface area contributed by atoms with Crippen LogP contribution in [0.25, 0.3) is 0 Å². The Kier molecular flexibility index (Phi) is 3.96. The van der Waals surface area contributed by atoms with E-state index in [1.807, 2.05) is 30.3 Å². The Morgan fingerprint density at radius 3 is 1.80 bits per heavy atom. The predicted octanol–water partition coefficient (Wildman–Crippen LogP) is 3.73. The fraction of sp³-hybridized carbons (Fsp3) is 0.200. The first-order chi connectivity index (χ1) is 9.43. The van der Waals surface area contributed by atoms with Crippen molar-refractivity contribution in [3.63, 3.8) is 0 Å². The van der Waals surface area contributed by atoms with Crippen LogP contribution in [0.5, 0.6) is 0 Å². The summed E-state index contributed by atoms with van der Waals surface area (Å²) in [6, 6.07) is 9.40. The maximum Gasteiger partial charge on any atom is 0.340 e. The van der Waals surface area contributed by atoms with Crippen LogP contribution in [-0.4, -0.2) is 22.2 Å². The highest BCUT2D eigenvalue weighted by molar-refractivity contribution is 7.53. The second-order valence-corrected chi connectivity index (χ2v) is 6.70. The van der Waals surface area contributed by atoms with E-state index in [0.29, 0.717) is 17.3 Å². The van der Waals surface area contributed by atoms with E-state index in [2.05, 4.69) is 0 Å². The van der Waals surface area contributed by atoms with Crippen molar-refractivity contribution in [2.24, 2.45) is 0 Å². The molecule has 2 N–H and O–H groups in total. The molecule has 0 aliphatic rings. The fourth-order valence-electron chi connectivity index (χ4n) is 2.35. The molecule has 0 spiro atoms. The first kappa shape index (κ1) is 14.4. The molecule has 1 aromatic carbocycles. The molecular weight excluding hydrogens is 275 g/mol. The molecule has 104 valence electrons. The SMILES string of the molecule is Cc1c(C)c(C(=O)O)p(Cc2ccccc2)c1C(=O)O. The van der Waals surface area contributed by atoms with Crippen LogP contribution in [0.3, 0.4) is 0 Å². The first-order valence-electron chi connectivity index (χ1n) is 6.13. The van der Waals surface area contributed by atoms with Crippen LogP contribution in [0.1, 0.15) is 36.9 Å². The molecule has 0 amide bonds. The van der Waals surface area contributed by atoms with Crippen molar-refractivity contribution >= 4 is 19.5 Å². The van der Waals surface area contributed by atoms with Gasteiger partial charge in [0.1, 0.15) is 0 Å². The molecule has 0 bridgehead atoms. The van der Waals surface area contributed by atoms with Gasteiger partial charge >= 0.3 is 11.9 Å². The lowest BCUT2D eigenvalue weighted by molar-refractivity contribution is 0.0692. The minimum Gasteiger partial charge on any atom is -0.477 e. The molecule has 0 saturated heterocycles. The van der Waals surface area contributed by atoms with Gasteiger partial charge in [-0.2, -0.15) is 0 Å². The van der Waals surface area contributed by atoms with E-state index in [9.17, 15) is 19.8 Å². The van der Waals surface area contributed by atoms with E-state index in [4.69, 9.17) is 0 Å². The average molecular weight is 290 g/mol. The van der Waals surface area contributed by atoms with Gasteiger partial charge in [0.2, 0.25) is 0 Å². The van der Waals surface area contributed by atoms with E-state index >= 15 is 0 Å². The van der Waals surface area contributed by atoms with Gasteiger partial charge in [0.15, 0.2) is 0 Å². The van der Waals surface area contributed by atoms with E-state index in [0.717, 1.165) is 5.56 Å². The third-order valence-electron chi connectivity index (χ3n) is 3.40. The normalized spacial score (nSPS) is 10.5. The molecule has 1 aromatic heterocycles. The monoisotopic (exact) mass is 290 g/mol. The molecule has 0 aliphatic carbocycles. The summed E-state index contributed by atoms with van der Waals surface area (Å²) in [6.45, 7) is 3.38. The summed E-state index contributed by atoms with van der Waals surface area (Å²) in [4.78, 5) is 22.9. The van der Waals surface area contributed by atoms with E-state index in [1.54, 1.807) is 13.8 Å². The molecule has 5 heteroatoms. The topological polar surface area (TPSA) is 74.6 Å². The minimum atomic E-state index is -1.35. The summed E-state index contributed by atoms with van der Waals surface area (Å²) in [7, 11) is -1.35. The lowest BCUT2D eigenvalue weighted by Gasteiger charge is -2.06. The van der Waals surface area contributed by atoms with Crippen LogP contribution in [0, 0.1) is 13.8 Å². The van der Waals surface area contributed by atoms with Gasteiger partial charge in [-0.3, -0.25) is 0 Å². The van der Waals surface area contributed by atoms with Crippen LogP contribution in [-0.2, 0) is 6.16 Å². The Hall–Kier alpha value is -2.06. The van der Waals surface area contributed by atoms with Crippen LogP contribution in [0.2, 0.25) is 0 Å². The zero-order valence-corrected chi connectivity index (χ0v) is 12.1. The number of carboxylic acid groups (broad SMARTS) is 2. The van der Waals surface area contributed by atoms with Gasteiger partial charge in [-0.25, -0.2) is 9.59 Å². The summed E-state index contributed by atoms with van der Waals surface area (Å²) in [5.74, 6) is -2.03. The average Bonchev–Trinajstić information content (AvgIpc) is 2.62. The van der Waals surface area contributed by atoms with Crippen molar-refractivity contribution in [3.05, 3.63) is 57.6 Å². The van der Waals surface area contributed by atoms with Gasteiger partial charge in [-0.1, -0.05) is 37.9 Å². The molecular formula is C15H15O4P. The second-order valence-electron chi connectivity index (χ2n) is 4.63. The second kappa shape index (κ2) is 5.51. The standard InChI is InChI=1S/C15H15O4P/c1-9-10(2)13(15(18)19)20(12(9)14(16)17)8-11-6-4-3-5-7-11/h3-7H,8H2,1-2H3,(H,16,17)(H,18,19). The molecule has 0 atom stereocenters. The van der Waals surface area contributed by atoms with Crippen molar-refractivity contribution in [3.8, 4) is 0 Å². The number of aromatic carboxylic acids is 2. The minimum absolute atomic E-state index is 0.263. The largest absolute Gasteiger partial charge is 0.477 e. The van der Waals surface area contributed by atoms with Crippen molar-refractivity contribution in [2.75, 3.05) is 0 Å². The summed E-state index contributed by atoms with van der Waals surface area (Å²) >= 11 is 0. The number of hydrogen-bond acceptors (Lipinski definition) is 2. The Bertz CT molecular complexity index is 633. The molecule has 4 nitrogen and oxygen atoms in total. The Morgan fingerprint density at radius 1 is 0.950 bits per heavy atom. The Balaban J connectivity index is 2.63. The third-order valence-corrected chi connectivity index (χ3v) is 6.22. The van der Waals surface area contributed by atoms with Crippen molar-refractivity contribution in [2.45, 2.75) is 20.0 Å². The van der Waals surface area contributed by atoms with Crippen LogP contribution >= 0.6 is 7.53 Å². The van der Waals surface area contributed by atoms with Crippen LogP contribution in [0.15, 0.2) is 30.3 Å². The van der Waals surface area contributed by atoms with Crippen molar-refractivity contribution in [1.29, 1.82) is 0 Å². The Labute approximate surface area is 117 Å². The lowest BCUT2D eigenvalue weighted by Crippen LogP contribution is -1.97. The van der Waals surface area contributed by atoms with Gasteiger partial charge in [-0.05, 0) is 30.5 Å². The molecule has 0 radical (unpaired) electrons. The van der Waals surface area contributed by atoms with Gasteiger partial charge in [0.05, 0.1) is 10.6 Å². The highest BCUT2D eigenvalue weighted by Gasteiger charge is 2.26. The molecule has 1 heterocycles. The number of hydrogen-bond donors (Lipinski definition) is 2. The molecule has 2 aromatic rings. The van der Waals surface area contributed by atoms with Gasteiger partial charge in [0, 0.05) is 6.16 Å². The summed E-state index contributed by atoms with van der Waals surface area (Å²) < 4.78 is 0. The summed E-state index contributed by atoms with van der Waals surface area (Å²) in [6.07, 6.45) is 0.452. The van der Waals surface area contributed by atoms with E-state index in [-0.39, 0.29) is 10.6 Å². The number of benzene rings is 1.